The molecule has 20 heavy (non-hydrogen) atoms. The van der Waals surface area contributed by atoms with Gasteiger partial charge in [0.1, 0.15) is 0 Å². The standard InChI is InChI=1S/C17H21NO2/c1-13-6-5-11-17(2,3)16(13)10-9-14-7-4-8-15(12-14)18(19)20/h4,7-10,12H,5-6,11H2,1-3H3/b10-9+. The van der Waals surface area contributed by atoms with Crippen molar-refractivity contribution in [2.75, 3.05) is 0 Å². The van der Waals surface area contributed by atoms with Crippen molar-refractivity contribution in [1.29, 1.82) is 0 Å². The lowest BCUT2D eigenvalue weighted by Crippen LogP contribution is -2.18. The molecule has 0 saturated heterocycles. The van der Waals surface area contributed by atoms with Crippen LogP contribution in [0.4, 0.5) is 5.69 Å². The third kappa shape index (κ3) is 3.16. The molecule has 3 nitrogen and oxygen atoms in total. The lowest BCUT2D eigenvalue weighted by atomic mass is 9.72. The van der Waals surface area contributed by atoms with Crippen LogP contribution in [0.3, 0.4) is 0 Å². The Hall–Kier alpha value is -1.90. The second-order valence-electron chi connectivity index (χ2n) is 6.12. The van der Waals surface area contributed by atoms with Crippen molar-refractivity contribution in [2.24, 2.45) is 5.41 Å². The van der Waals surface area contributed by atoms with E-state index in [1.54, 1.807) is 12.1 Å². The van der Waals surface area contributed by atoms with Gasteiger partial charge in [0.15, 0.2) is 0 Å². The molecular weight excluding hydrogens is 250 g/mol. The molecule has 3 heteroatoms. The van der Waals surface area contributed by atoms with E-state index >= 15 is 0 Å². The fraction of sp³-hybridized carbons (Fsp3) is 0.412. The van der Waals surface area contributed by atoms with E-state index in [1.807, 2.05) is 12.1 Å². The van der Waals surface area contributed by atoms with Crippen LogP contribution >= 0.6 is 0 Å². The Morgan fingerprint density at radius 3 is 2.70 bits per heavy atom. The van der Waals surface area contributed by atoms with Crippen LogP contribution in [0, 0.1) is 15.5 Å². The molecule has 0 radical (unpaired) electrons. The van der Waals surface area contributed by atoms with E-state index in [1.165, 1.54) is 30.1 Å². The van der Waals surface area contributed by atoms with Crippen molar-refractivity contribution in [1.82, 2.24) is 0 Å². The van der Waals surface area contributed by atoms with Crippen LogP contribution < -0.4 is 0 Å². The maximum atomic E-state index is 10.8. The Morgan fingerprint density at radius 1 is 1.30 bits per heavy atom. The van der Waals surface area contributed by atoms with Crippen molar-refractivity contribution in [3.8, 4) is 0 Å². The van der Waals surface area contributed by atoms with Crippen molar-refractivity contribution in [2.45, 2.75) is 40.0 Å². The van der Waals surface area contributed by atoms with Gasteiger partial charge in [-0.15, -0.1) is 0 Å². The molecule has 1 aromatic rings. The first kappa shape index (κ1) is 14.5. The maximum absolute atomic E-state index is 10.8. The summed E-state index contributed by atoms with van der Waals surface area (Å²) in [5.41, 5.74) is 4.01. The van der Waals surface area contributed by atoms with E-state index < -0.39 is 0 Å². The molecule has 0 aromatic heterocycles. The van der Waals surface area contributed by atoms with Crippen molar-refractivity contribution < 1.29 is 4.92 Å². The van der Waals surface area contributed by atoms with Crippen molar-refractivity contribution in [3.05, 3.63) is 57.2 Å². The summed E-state index contributed by atoms with van der Waals surface area (Å²) in [6.45, 7) is 6.72. The fourth-order valence-corrected chi connectivity index (χ4v) is 2.93. The number of hydrogen-bond acceptors (Lipinski definition) is 2. The molecule has 0 heterocycles. The zero-order valence-corrected chi connectivity index (χ0v) is 12.3. The molecule has 0 amide bonds. The number of nitrogens with zero attached hydrogens (tertiary/aromatic N) is 1. The largest absolute Gasteiger partial charge is 0.270 e. The highest BCUT2D eigenvalue weighted by Crippen LogP contribution is 2.40. The molecule has 0 atom stereocenters. The summed E-state index contributed by atoms with van der Waals surface area (Å²) in [6.07, 6.45) is 7.70. The minimum Gasteiger partial charge on any atom is -0.258 e. The number of non-ortho nitro benzene ring substituents is 1. The SMILES string of the molecule is CC1=C(/C=C/c2cccc([N+](=O)[O-])c2)C(C)(C)CCC1. The van der Waals surface area contributed by atoms with Gasteiger partial charge in [-0.1, -0.05) is 43.7 Å². The van der Waals surface area contributed by atoms with Crippen molar-refractivity contribution in [3.63, 3.8) is 0 Å². The van der Waals surface area contributed by atoms with Gasteiger partial charge in [-0.25, -0.2) is 0 Å². The minimum absolute atomic E-state index is 0.140. The van der Waals surface area contributed by atoms with Gasteiger partial charge >= 0.3 is 0 Å². The van der Waals surface area contributed by atoms with Gasteiger partial charge in [0.05, 0.1) is 4.92 Å². The Kier molecular flexibility index (Phi) is 4.07. The van der Waals surface area contributed by atoms with Gasteiger partial charge in [0.2, 0.25) is 0 Å². The molecule has 0 fully saturated rings. The summed E-state index contributed by atoms with van der Waals surface area (Å²) in [5.74, 6) is 0. The van der Waals surface area contributed by atoms with E-state index in [2.05, 4.69) is 26.8 Å². The first-order valence-corrected chi connectivity index (χ1v) is 7.03. The lowest BCUT2D eigenvalue weighted by Gasteiger charge is -2.32. The van der Waals surface area contributed by atoms with Gasteiger partial charge in [-0.05, 0) is 42.7 Å². The zero-order valence-electron chi connectivity index (χ0n) is 12.3. The molecular formula is C17H21NO2. The maximum Gasteiger partial charge on any atom is 0.270 e. The number of benzene rings is 1. The quantitative estimate of drug-likeness (QED) is 0.564. The zero-order chi connectivity index (χ0) is 14.8. The van der Waals surface area contributed by atoms with E-state index in [0.29, 0.717) is 0 Å². The normalized spacial score (nSPS) is 18.6. The van der Waals surface area contributed by atoms with Crippen LogP contribution in [0.1, 0.15) is 45.6 Å². The molecule has 0 bridgehead atoms. The highest BCUT2D eigenvalue weighted by Gasteiger charge is 2.26. The third-order valence-electron chi connectivity index (χ3n) is 4.07. The molecule has 1 aliphatic rings. The second-order valence-corrected chi connectivity index (χ2v) is 6.12. The molecule has 0 spiro atoms. The number of nitro groups is 1. The lowest BCUT2D eigenvalue weighted by molar-refractivity contribution is -0.384. The summed E-state index contributed by atoms with van der Waals surface area (Å²) in [4.78, 5) is 10.4. The van der Waals surface area contributed by atoms with Crippen molar-refractivity contribution >= 4 is 11.8 Å². The monoisotopic (exact) mass is 271 g/mol. The molecule has 0 N–H and O–H groups in total. The summed E-state index contributed by atoms with van der Waals surface area (Å²) in [5, 5.41) is 10.8. The van der Waals surface area contributed by atoms with Crippen LogP contribution in [0.25, 0.3) is 6.08 Å². The predicted octanol–water partition coefficient (Wildman–Crippen LogP) is 5.13. The molecule has 106 valence electrons. The highest BCUT2D eigenvalue weighted by atomic mass is 16.6. The van der Waals surface area contributed by atoms with Gasteiger partial charge in [0.25, 0.3) is 5.69 Å². The Bertz CT molecular complexity index is 582. The smallest absolute Gasteiger partial charge is 0.258 e. The van der Waals surface area contributed by atoms with Crippen LogP contribution in [0.15, 0.2) is 41.5 Å². The molecule has 0 aliphatic heterocycles. The summed E-state index contributed by atoms with van der Waals surface area (Å²) < 4.78 is 0. The van der Waals surface area contributed by atoms with Crippen LogP contribution in [-0.2, 0) is 0 Å². The topological polar surface area (TPSA) is 43.1 Å². The number of allylic oxidation sites excluding steroid dienone is 3. The molecule has 1 aromatic carbocycles. The van der Waals surface area contributed by atoms with Gasteiger partial charge in [-0.2, -0.15) is 0 Å². The predicted molar refractivity (Wildman–Crippen MR) is 82.5 cm³/mol. The van der Waals surface area contributed by atoms with E-state index in [4.69, 9.17) is 0 Å². The molecule has 2 rings (SSSR count). The van der Waals surface area contributed by atoms with Crippen LogP contribution in [0.5, 0.6) is 0 Å². The third-order valence-corrected chi connectivity index (χ3v) is 4.07. The molecule has 0 unspecified atom stereocenters. The average Bonchev–Trinajstić information content (AvgIpc) is 2.37. The summed E-state index contributed by atoms with van der Waals surface area (Å²) in [7, 11) is 0. The van der Waals surface area contributed by atoms with Crippen LogP contribution in [0.2, 0.25) is 0 Å². The minimum atomic E-state index is -0.355. The van der Waals surface area contributed by atoms with E-state index in [0.717, 1.165) is 12.0 Å². The van der Waals surface area contributed by atoms with Gasteiger partial charge < -0.3 is 0 Å². The molecule has 1 aliphatic carbocycles. The number of rotatable bonds is 3. The number of hydrogen-bond donors (Lipinski definition) is 0. The highest BCUT2D eigenvalue weighted by molar-refractivity contribution is 5.57. The Morgan fingerprint density at radius 2 is 2.05 bits per heavy atom. The fourth-order valence-electron chi connectivity index (χ4n) is 2.93. The number of nitro benzene ring substituents is 1. The van der Waals surface area contributed by atoms with Crippen LogP contribution in [-0.4, -0.2) is 4.92 Å². The Labute approximate surface area is 120 Å². The molecule has 0 saturated carbocycles. The van der Waals surface area contributed by atoms with E-state index in [-0.39, 0.29) is 16.0 Å². The second kappa shape index (κ2) is 5.61. The van der Waals surface area contributed by atoms with E-state index in [9.17, 15) is 10.1 Å². The summed E-state index contributed by atoms with van der Waals surface area (Å²) >= 11 is 0. The first-order valence-electron chi connectivity index (χ1n) is 7.03. The van der Waals surface area contributed by atoms with Gasteiger partial charge in [-0.3, -0.25) is 10.1 Å². The van der Waals surface area contributed by atoms with Gasteiger partial charge in [0, 0.05) is 12.1 Å². The Balaban J connectivity index is 2.29. The first-order chi connectivity index (χ1) is 9.40. The average molecular weight is 271 g/mol. The summed E-state index contributed by atoms with van der Waals surface area (Å²) in [6, 6.07) is 6.76.